The lowest BCUT2D eigenvalue weighted by Crippen LogP contribution is -2.65. The molecule has 2 aliphatic rings. The van der Waals surface area contributed by atoms with Crippen LogP contribution in [0.4, 0.5) is 0 Å². The Morgan fingerprint density at radius 1 is 0.804 bits per heavy atom. The van der Waals surface area contributed by atoms with Crippen molar-refractivity contribution in [3.63, 3.8) is 0 Å². The van der Waals surface area contributed by atoms with Gasteiger partial charge in [-0.25, -0.2) is 4.79 Å². The normalized spacial score (nSPS) is 31.5. The molecule has 254 valence electrons. The summed E-state index contributed by atoms with van der Waals surface area (Å²) < 4.78 is 33.2. The molecule has 9 N–H and O–H groups in total. The van der Waals surface area contributed by atoms with E-state index in [4.69, 9.17) is 28.4 Å². The lowest BCUT2D eigenvalue weighted by Gasteiger charge is -2.46. The van der Waals surface area contributed by atoms with Crippen LogP contribution >= 0.6 is 0 Å². The van der Waals surface area contributed by atoms with Gasteiger partial charge in [0.25, 0.3) is 0 Å². The molecule has 16 nitrogen and oxygen atoms in total. The number of carbonyl (C=O) groups is 1. The van der Waals surface area contributed by atoms with Crippen molar-refractivity contribution in [2.45, 2.75) is 67.8 Å². The number of benzene rings is 2. The van der Waals surface area contributed by atoms with Crippen molar-refractivity contribution in [3.8, 4) is 23.0 Å². The van der Waals surface area contributed by atoms with E-state index < -0.39 is 80.6 Å². The first-order valence-corrected chi connectivity index (χ1v) is 14.3. The van der Waals surface area contributed by atoms with Gasteiger partial charge in [-0.2, -0.15) is 0 Å². The summed E-state index contributed by atoms with van der Waals surface area (Å²) in [4.78, 5) is 12.9. The van der Waals surface area contributed by atoms with Crippen molar-refractivity contribution >= 4 is 12.0 Å². The molecule has 2 aromatic rings. The minimum atomic E-state index is -1.87. The Balaban J connectivity index is 1.54. The number of ether oxygens (including phenoxy) is 6. The number of aliphatic hydroxyl groups is 6. The van der Waals surface area contributed by atoms with Crippen LogP contribution in [-0.4, -0.2) is 140 Å². The number of phenolic OH excluding ortho intramolecular Hbond substituents is 3. The predicted molar refractivity (Wildman–Crippen MR) is 153 cm³/mol. The molecule has 0 unspecified atom stereocenters. The van der Waals surface area contributed by atoms with E-state index in [1.807, 2.05) is 0 Å². The Morgan fingerprint density at radius 3 is 2.17 bits per heavy atom. The van der Waals surface area contributed by atoms with Crippen molar-refractivity contribution in [1.29, 1.82) is 0 Å². The van der Waals surface area contributed by atoms with Gasteiger partial charge in [0.1, 0.15) is 42.7 Å². The Hall–Kier alpha value is -3.55. The van der Waals surface area contributed by atoms with E-state index in [0.29, 0.717) is 11.1 Å². The van der Waals surface area contributed by atoms with Crippen LogP contribution in [0.15, 0.2) is 42.5 Å². The molecule has 46 heavy (non-hydrogen) atoms. The van der Waals surface area contributed by atoms with E-state index >= 15 is 0 Å². The van der Waals surface area contributed by atoms with E-state index in [-0.39, 0.29) is 36.0 Å². The number of phenols is 3. The average molecular weight is 655 g/mol. The molecule has 2 fully saturated rings. The molecule has 0 spiro atoms. The molecule has 10 atom stereocenters. The third kappa shape index (κ3) is 8.23. The molecular weight excluding hydrogens is 616 g/mol. The molecule has 0 aliphatic carbocycles. The van der Waals surface area contributed by atoms with E-state index in [1.54, 1.807) is 0 Å². The number of esters is 1. The monoisotopic (exact) mass is 654 g/mol. The predicted octanol–water partition coefficient (Wildman–Crippen LogP) is -1.74. The molecular formula is C30H38O16. The third-order valence-electron chi connectivity index (χ3n) is 7.51. The lowest BCUT2D eigenvalue weighted by molar-refractivity contribution is -0.360. The van der Waals surface area contributed by atoms with E-state index in [2.05, 4.69) is 0 Å². The molecule has 0 amide bonds. The maximum Gasteiger partial charge on any atom is 0.331 e. The van der Waals surface area contributed by atoms with Crippen LogP contribution < -0.4 is 4.74 Å². The number of hydrogen-bond acceptors (Lipinski definition) is 16. The first-order chi connectivity index (χ1) is 22.0. The summed E-state index contributed by atoms with van der Waals surface area (Å²) in [6.07, 6.45) is -13.7. The van der Waals surface area contributed by atoms with Crippen molar-refractivity contribution in [2.75, 3.05) is 26.9 Å². The van der Waals surface area contributed by atoms with Gasteiger partial charge in [-0.1, -0.05) is 12.1 Å². The smallest absolute Gasteiger partial charge is 0.331 e. The second kappa shape index (κ2) is 15.8. The Morgan fingerprint density at radius 2 is 1.50 bits per heavy atom. The number of hydrogen-bond donors (Lipinski definition) is 9. The van der Waals surface area contributed by atoms with Crippen LogP contribution in [0.5, 0.6) is 23.0 Å². The van der Waals surface area contributed by atoms with E-state index in [1.165, 1.54) is 49.6 Å². The Labute approximate surface area is 262 Å². The summed E-state index contributed by atoms with van der Waals surface area (Å²) in [6, 6.07) is 8.44. The van der Waals surface area contributed by atoms with Gasteiger partial charge in [-0.05, 0) is 47.9 Å². The summed E-state index contributed by atoms with van der Waals surface area (Å²) in [5.41, 5.74) is 1.02. The van der Waals surface area contributed by atoms with Crippen molar-refractivity contribution in [2.24, 2.45) is 0 Å². The largest absolute Gasteiger partial charge is 0.504 e. The highest BCUT2D eigenvalue weighted by molar-refractivity contribution is 5.87. The SMILES string of the molecule is COc1cc(C=CC(=O)O[C@H]2[C@H](O[C@@H]3O[C@H](CO)[C@@H](O)[C@H](O)[C@H]3O)[C@@H](O)[C@H](OCCc3ccc(O)c(O)c3)O[C@@H]2CO)ccc1O. The van der Waals surface area contributed by atoms with Crippen LogP contribution in [0.2, 0.25) is 0 Å². The first kappa shape index (κ1) is 35.3. The maximum atomic E-state index is 12.9. The summed E-state index contributed by atoms with van der Waals surface area (Å²) in [7, 11) is 1.35. The van der Waals surface area contributed by atoms with Crippen molar-refractivity contribution < 1.29 is 79.2 Å². The summed E-state index contributed by atoms with van der Waals surface area (Å²) >= 11 is 0. The van der Waals surface area contributed by atoms with Gasteiger partial charge in [0.15, 0.2) is 41.7 Å². The van der Waals surface area contributed by atoms with Gasteiger partial charge in [0.2, 0.25) is 0 Å². The van der Waals surface area contributed by atoms with Gasteiger partial charge in [0.05, 0.1) is 26.9 Å². The van der Waals surface area contributed by atoms with Gasteiger partial charge in [0, 0.05) is 6.08 Å². The summed E-state index contributed by atoms with van der Waals surface area (Å²) in [5.74, 6) is -1.59. The molecule has 0 radical (unpaired) electrons. The van der Waals surface area contributed by atoms with Gasteiger partial charge in [-0.3, -0.25) is 0 Å². The average Bonchev–Trinajstić information content (AvgIpc) is 3.04. The second-order valence-electron chi connectivity index (χ2n) is 10.6. The van der Waals surface area contributed by atoms with E-state index in [0.717, 1.165) is 6.08 Å². The summed E-state index contributed by atoms with van der Waals surface area (Å²) in [5, 5.41) is 91.0. The molecule has 0 bridgehead atoms. The Bertz CT molecular complexity index is 1330. The van der Waals surface area contributed by atoms with Gasteiger partial charge >= 0.3 is 5.97 Å². The zero-order valence-corrected chi connectivity index (χ0v) is 24.6. The zero-order valence-electron chi connectivity index (χ0n) is 24.6. The summed E-state index contributed by atoms with van der Waals surface area (Å²) in [6.45, 7) is -1.62. The molecule has 2 aliphatic heterocycles. The number of carbonyl (C=O) groups excluding carboxylic acids is 1. The molecule has 0 saturated carbocycles. The minimum Gasteiger partial charge on any atom is -0.504 e. The van der Waals surface area contributed by atoms with Crippen LogP contribution in [0.3, 0.4) is 0 Å². The highest BCUT2D eigenvalue weighted by Crippen LogP contribution is 2.32. The molecule has 2 heterocycles. The van der Waals surface area contributed by atoms with Crippen LogP contribution in [0.25, 0.3) is 6.08 Å². The molecule has 16 heteroatoms. The quantitative estimate of drug-likeness (QED) is 0.0699. The molecule has 2 saturated heterocycles. The fraction of sp³-hybridized carbons (Fsp3) is 0.500. The highest BCUT2D eigenvalue weighted by Gasteiger charge is 2.52. The van der Waals surface area contributed by atoms with Crippen LogP contribution in [0, 0.1) is 0 Å². The van der Waals surface area contributed by atoms with Crippen molar-refractivity contribution in [3.05, 3.63) is 53.6 Å². The topological polar surface area (TPSA) is 255 Å². The van der Waals surface area contributed by atoms with E-state index in [9.17, 15) is 50.8 Å². The van der Waals surface area contributed by atoms with Crippen molar-refractivity contribution in [1.82, 2.24) is 0 Å². The molecule has 2 aromatic carbocycles. The molecule has 0 aromatic heterocycles. The lowest BCUT2D eigenvalue weighted by atomic mass is 9.96. The fourth-order valence-electron chi connectivity index (χ4n) is 4.96. The number of aliphatic hydroxyl groups excluding tert-OH is 6. The number of aromatic hydroxyl groups is 3. The van der Waals surface area contributed by atoms with Crippen LogP contribution in [-0.2, 0) is 34.9 Å². The highest BCUT2D eigenvalue weighted by atomic mass is 16.7. The second-order valence-corrected chi connectivity index (χ2v) is 10.6. The van der Waals surface area contributed by atoms with Gasteiger partial charge in [-0.15, -0.1) is 0 Å². The maximum absolute atomic E-state index is 12.9. The minimum absolute atomic E-state index is 0.0971. The standard InChI is InChI=1S/C30H38O16/c1-41-19-11-14(3-6-17(19)34)4-7-22(36)45-27-21(13-32)44-29(42-9-8-15-2-5-16(33)18(35)10-15)26(40)28(27)46-30-25(39)24(38)23(37)20(12-31)43-30/h2-7,10-11,20-21,23-35,37-40H,8-9,12-13H2,1H3/t20-,21-,23-,24+,25-,26-,27-,28-,29-,30+/m1/s1. The van der Waals surface area contributed by atoms with Gasteiger partial charge < -0.3 is 74.4 Å². The number of methoxy groups -OCH3 is 1. The van der Waals surface area contributed by atoms with Crippen LogP contribution in [0.1, 0.15) is 11.1 Å². The fourth-order valence-corrected chi connectivity index (χ4v) is 4.96. The first-order valence-electron chi connectivity index (χ1n) is 14.3. The molecule has 4 rings (SSSR count). The zero-order chi connectivity index (χ0) is 33.5. The number of rotatable bonds is 12. The Kier molecular flexibility index (Phi) is 12.2. The third-order valence-corrected chi connectivity index (χ3v) is 7.51.